The van der Waals surface area contributed by atoms with Crippen LogP contribution in [0.3, 0.4) is 0 Å². The van der Waals surface area contributed by atoms with Crippen molar-refractivity contribution in [3.8, 4) is 5.75 Å². The molecule has 2 unspecified atom stereocenters. The molecule has 2 atom stereocenters. The average Bonchev–Trinajstić information content (AvgIpc) is 3.10. The van der Waals surface area contributed by atoms with E-state index in [1.54, 1.807) is 16.7 Å². The van der Waals surface area contributed by atoms with Gasteiger partial charge in [-0.15, -0.1) is 0 Å². The first-order chi connectivity index (χ1) is 13.5. The number of hydrogen-bond acceptors (Lipinski definition) is 5. The van der Waals surface area contributed by atoms with Crippen molar-refractivity contribution in [1.82, 2.24) is 4.90 Å². The molecule has 2 aliphatic heterocycles. The zero-order chi connectivity index (χ0) is 20.1. The van der Waals surface area contributed by atoms with Gasteiger partial charge in [0.2, 0.25) is 11.8 Å². The van der Waals surface area contributed by atoms with E-state index in [0.717, 1.165) is 24.3 Å². The SMILES string of the molecule is CCOC(=O)C1CCCN(C(=O)C2CC(=O)N(c3ccc(OCC)cc3)C2)C1. The Balaban J connectivity index is 1.62. The van der Waals surface area contributed by atoms with Crippen molar-refractivity contribution in [2.75, 3.05) is 37.7 Å². The lowest BCUT2D eigenvalue weighted by Crippen LogP contribution is -2.45. The third-order valence-electron chi connectivity index (χ3n) is 5.29. The molecule has 1 aromatic carbocycles. The monoisotopic (exact) mass is 388 g/mol. The summed E-state index contributed by atoms with van der Waals surface area (Å²) in [6, 6.07) is 7.34. The highest BCUT2D eigenvalue weighted by Gasteiger charge is 2.39. The minimum absolute atomic E-state index is 0.0456. The van der Waals surface area contributed by atoms with E-state index in [4.69, 9.17) is 9.47 Å². The average molecular weight is 388 g/mol. The van der Waals surface area contributed by atoms with Crippen molar-refractivity contribution < 1.29 is 23.9 Å². The molecule has 2 aliphatic rings. The fourth-order valence-electron chi connectivity index (χ4n) is 3.90. The first-order valence-corrected chi connectivity index (χ1v) is 10.0. The van der Waals surface area contributed by atoms with Gasteiger partial charge in [-0.05, 0) is 51.0 Å². The Hall–Kier alpha value is -2.57. The van der Waals surface area contributed by atoms with Gasteiger partial charge in [-0.25, -0.2) is 0 Å². The first-order valence-electron chi connectivity index (χ1n) is 10.0. The molecule has 7 nitrogen and oxygen atoms in total. The number of nitrogens with zero attached hydrogens (tertiary/aromatic N) is 2. The Morgan fingerprint density at radius 2 is 1.82 bits per heavy atom. The molecular formula is C21H28N2O5. The minimum Gasteiger partial charge on any atom is -0.494 e. The molecule has 3 rings (SSSR count). The van der Waals surface area contributed by atoms with Crippen LogP contribution in [0.5, 0.6) is 5.75 Å². The number of rotatable bonds is 6. The maximum absolute atomic E-state index is 13.0. The van der Waals surface area contributed by atoms with Crippen LogP contribution in [0.1, 0.15) is 33.1 Å². The summed E-state index contributed by atoms with van der Waals surface area (Å²) in [5.74, 6) is -0.225. The van der Waals surface area contributed by atoms with E-state index >= 15 is 0 Å². The molecule has 0 N–H and O–H groups in total. The van der Waals surface area contributed by atoms with E-state index in [2.05, 4.69) is 0 Å². The molecule has 0 radical (unpaired) electrons. The van der Waals surface area contributed by atoms with E-state index < -0.39 is 0 Å². The van der Waals surface area contributed by atoms with Crippen LogP contribution in [-0.4, -0.2) is 55.5 Å². The van der Waals surface area contributed by atoms with Gasteiger partial charge in [-0.2, -0.15) is 0 Å². The van der Waals surface area contributed by atoms with Crippen LogP contribution in [0.25, 0.3) is 0 Å². The lowest BCUT2D eigenvalue weighted by molar-refractivity contribution is -0.152. The molecule has 152 valence electrons. The van der Waals surface area contributed by atoms with E-state index in [1.165, 1.54) is 0 Å². The van der Waals surface area contributed by atoms with Gasteiger partial charge in [0.05, 0.1) is 25.0 Å². The van der Waals surface area contributed by atoms with Crippen molar-refractivity contribution in [1.29, 1.82) is 0 Å². The minimum atomic E-state index is -0.375. The van der Waals surface area contributed by atoms with Crippen LogP contribution < -0.4 is 9.64 Å². The topological polar surface area (TPSA) is 76.2 Å². The van der Waals surface area contributed by atoms with Gasteiger partial charge in [0.25, 0.3) is 0 Å². The van der Waals surface area contributed by atoms with E-state index in [9.17, 15) is 14.4 Å². The van der Waals surface area contributed by atoms with Crippen LogP contribution in [0.4, 0.5) is 5.69 Å². The normalized spacial score (nSPS) is 22.3. The molecule has 2 saturated heterocycles. The number of anilines is 1. The summed E-state index contributed by atoms with van der Waals surface area (Å²) in [5, 5.41) is 0. The number of esters is 1. The first kappa shape index (κ1) is 20.2. The summed E-state index contributed by atoms with van der Waals surface area (Å²) >= 11 is 0. The van der Waals surface area contributed by atoms with E-state index in [0.29, 0.717) is 32.8 Å². The molecule has 2 amide bonds. The lowest BCUT2D eigenvalue weighted by atomic mass is 9.96. The van der Waals surface area contributed by atoms with Gasteiger partial charge in [0.15, 0.2) is 0 Å². The summed E-state index contributed by atoms with van der Waals surface area (Å²) in [5.41, 5.74) is 0.770. The molecule has 0 saturated carbocycles. The lowest BCUT2D eigenvalue weighted by Gasteiger charge is -2.33. The standard InChI is InChI=1S/C21H28N2O5/c1-3-27-18-9-7-17(8-10-18)23-14-16(12-19(23)24)20(25)22-11-5-6-15(13-22)21(26)28-4-2/h7-10,15-16H,3-6,11-14H2,1-2H3. The van der Waals surface area contributed by atoms with Crippen molar-refractivity contribution in [2.24, 2.45) is 11.8 Å². The number of hydrogen-bond donors (Lipinski definition) is 0. The number of benzene rings is 1. The fraction of sp³-hybridized carbons (Fsp3) is 0.571. The summed E-state index contributed by atoms with van der Waals surface area (Å²) in [6.07, 6.45) is 1.72. The zero-order valence-electron chi connectivity index (χ0n) is 16.6. The number of likely N-dealkylation sites (tertiary alicyclic amines) is 1. The Morgan fingerprint density at radius 3 is 2.50 bits per heavy atom. The molecule has 0 aromatic heterocycles. The summed E-state index contributed by atoms with van der Waals surface area (Å²) in [6.45, 7) is 6.00. The zero-order valence-corrected chi connectivity index (χ0v) is 16.6. The van der Waals surface area contributed by atoms with Gasteiger partial charge >= 0.3 is 5.97 Å². The summed E-state index contributed by atoms with van der Waals surface area (Å²) < 4.78 is 10.5. The summed E-state index contributed by atoms with van der Waals surface area (Å²) in [7, 11) is 0. The van der Waals surface area contributed by atoms with Crippen LogP contribution in [0, 0.1) is 11.8 Å². The van der Waals surface area contributed by atoms with Crippen molar-refractivity contribution in [3.63, 3.8) is 0 Å². The van der Waals surface area contributed by atoms with Crippen LogP contribution >= 0.6 is 0 Å². The molecule has 2 fully saturated rings. The molecule has 0 bridgehead atoms. The maximum Gasteiger partial charge on any atom is 0.310 e. The molecule has 2 heterocycles. The third kappa shape index (κ3) is 4.46. The predicted molar refractivity (Wildman–Crippen MR) is 104 cm³/mol. The van der Waals surface area contributed by atoms with Gasteiger partial charge < -0.3 is 19.3 Å². The second-order valence-electron chi connectivity index (χ2n) is 7.21. The second kappa shape index (κ2) is 9.08. The Kier molecular flexibility index (Phi) is 6.54. The largest absolute Gasteiger partial charge is 0.494 e. The Morgan fingerprint density at radius 1 is 1.07 bits per heavy atom. The number of piperidine rings is 1. The van der Waals surface area contributed by atoms with Gasteiger partial charge in [0, 0.05) is 31.7 Å². The molecule has 0 spiro atoms. The molecule has 0 aliphatic carbocycles. The number of amides is 2. The number of carbonyl (C=O) groups excluding carboxylic acids is 3. The Bertz CT molecular complexity index is 718. The van der Waals surface area contributed by atoms with Crippen LogP contribution in [-0.2, 0) is 19.1 Å². The van der Waals surface area contributed by atoms with Crippen molar-refractivity contribution >= 4 is 23.5 Å². The molecular weight excluding hydrogens is 360 g/mol. The molecule has 7 heteroatoms. The van der Waals surface area contributed by atoms with Crippen molar-refractivity contribution in [2.45, 2.75) is 33.1 Å². The van der Waals surface area contributed by atoms with E-state index in [-0.39, 0.29) is 36.0 Å². The smallest absolute Gasteiger partial charge is 0.310 e. The summed E-state index contributed by atoms with van der Waals surface area (Å²) in [4.78, 5) is 40.9. The Labute approximate surface area is 165 Å². The second-order valence-corrected chi connectivity index (χ2v) is 7.21. The molecule has 1 aromatic rings. The predicted octanol–water partition coefficient (Wildman–Crippen LogP) is 2.24. The van der Waals surface area contributed by atoms with Crippen molar-refractivity contribution in [3.05, 3.63) is 24.3 Å². The maximum atomic E-state index is 13.0. The highest BCUT2D eigenvalue weighted by Crippen LogP contribution is 2.29. The fourth-order valence-corrected chi connectivity index (χ4v) is 3.90. The number of carbonyl (C=O) groups is 3. The third-order valence-corrected chi connectivity index (χ3v) is 5.29. The van der Waals surface area contributed by atoms with Crippen LogP contribution in [0.2, 0.25) is 0 Å². The highest BCUT2D eigenvalue weighted by atomic mass is 16.5. The van der Waals surface area contributed by atoms with Gasteiger partial charge in [-0.3, -0.25) is 14.4 Å². The van der Waals surface area contributed by atoms with Gasteiger partial charge in [0.1, 0.15) is 5.75 Å². The van der Waals surface area contributed by atoms with Crippen LogP contribution in [0.15, 0.2) is 24.3 Å². The number of ether oxygens (including phenoxy) is 2. The quantitative estimate of drug-likeness (QED) is 0.699. The van der Waals surface area contributed by atoms with Gasteiger partial charge in [-0.1, -0.05) is 0 Å². The highest BCUT2D eigenvalue weighted by molar-refractivity contribution is 6.00. The van der Waals surface area contributed by atoms with E-state index in [1.807, 2.05) is 31.2 Å². The molecule has 28 heavy (non-hydrogen) atoms.